The Hall–Kier alpha value is -2.23. The molecule has 0 bridgehead atoms. The Morgan fingerprint density at radius 1 is 1.39 bits per heavy atom. The summed E-state index contributed by atoms with van der Waals surface area (Å²) in [4.78, 5) is 16.0. The monoisotopic (exact) mass is 245 g/mol. The van der Waals surface area contributed by atoms with Crippen LogP contribution in [0.2, 0.25) is 0 Å². The minimum atomic E-state index is -0.345. The number of pyridine rings is 1. The van der Waals surface area contributed by atoms with Crippen molar-refractivity contribution in [3.63, 3.8) is 0 Å². The van der Waals surface area contributed by atoms with Gasteiger partial charge in [-0.2, -0.15) is 0 Å². The van der Waals surface area contributed by atoms with Crippen LogP contribution in [0, 0.1) is 5.82 Å². The standard InChI is InChI=1S/C14H12FNO2/c1-18-14-9-16-6-5-12(14)13(17)8-10-3-2-4-11(15)7-10/h2-7,9H,8H2,1H3. The summed E-state index contributed by atoms with van der Waals surface area (Å²) < 4.78 is 18.1. The number of hydrogen-bond donors (Lipinski definition) is 0. The Balaban J connectivity index is 2.22. The van der Waals surface area contributed by atoms with Gasteiger partial charge in [0, 0.05) is 12.6 Å². The smallest absolute Gasteiger partial charge is 0.171 e. The molecule has 1 aromatic heterocycles. The van der Waals surface area contributed by atoms with Crippen LogP contribution in [0.5, 0.6) is 5.75 Å². The highest BCUT2D eigenvalue weighted by atomic mass is 19.1. The van der Waals surface area contributed by atoms with E-state index in [1.807, 2.05) is 0 Å². The molecule has 0 saturated carbocycles. The zero-order valence-electron chi connectivity index (χ0n) is 9.89. The van der Waals surface area contributed by atoms with E-state index in [1.165, 1.54) is 31.6 Å². The predicted molar refractivity (Wildman–Crippen MR) is 65.2 cm³/mol. The van der Waals surface area contributed by atoms with E-state index < -0.39 is 0 Å². The van der Waals surface area contributed by atoms with Crippen molar-refractivity contribution in [1.29, 1.82) is 0 Å². The number of Topliss-reactive ketones (excluding diaryl/α,β-unsaturated/α-hetero) is 1. The summed E-state index contributed by atoms with van der Waals surface area (Å²) in [6.45, 7) is 0. The largest absolute Gasteiger partial charge is 0.494 e. The number of benzene rings is 1. The van der Waals surface area contributed by atoms with Gasteiger partial charge in [0.15, 0.2) is 5.78 Å². The van der Waals surface area contributed by atoms with Gasteiger partial charge in [-0.25, -0.2) is 4.39 Å². The van der Waals surface area contributed by atoms with E-state index in [0.29, 0.717) is 16.9 Å². The van der Waals surface area contributed by atoms with Crippen molar-refractivity contribution < 1.29 is 13.9 Å². The first-order valence-electron chi connectivity index (χ1n) is 5.46. The van der Waals surface area contributed by atoms with Crippen LogP contribution in [0.4, 0.5) is 4.39 Å². The lowest BCUT2D eigenvalue weighted by atomic mass is 10.0. The lowest BCUT2D eigenvalue weighted by Gasteiger charge is -2.06. The molecule has 3 nitrogen and oxygen atoms in total. The molecule has 0 amide bonds. The molecule has 2 aromatic rings. The number of hydrogen-bond acceptors (Lipinski definition) is 3. The molecular formula is C14H12FNO2. The van der Waals surface area contributed by atoms with Crippen LogP contribution in [0.1, 0.15) is 15.9 Å². The molecule has 1 aromatic carbocycles. The van der Waals surface area contributed by atoms with E-state index in [2.05, 4.69) is 4.98 Å². The van der Waals surface area contributed by atoms with Gasteiger partial charge in [0.25, 0.3) is 0 Å². The van der Waals surface area contributed by atoms with Crippen LogP contribution >= 0.6 is 0 Å². The maximum atomic E-state index is 13.0. The summed E-state index contributed by atoms with van der Waals surface area (Å²) in [6, 6.07) is 7.60. The van der Waals surface area contributed by atoms with Crippen LogP contribution < -0.4 is 4.74 Å². The first-order chi connectivity index (χ1) is 8.70. The fourth-order valence-corrected chi connectivity index (χ4v) is 1.70. The molecule has 92 valence electrons. The van der Waals surface area contributed by atoms with Crippen molar-refractivity contribution >= 4 is 5.78 Å². The predicted octanol–water partition coefficient (Wildman–Crippen LogP) is 2.65. The maximum absolute atomic E-state index is 13.0. The molecule has 1 heterocycles. The van der Waals surface area contributed by atoms with Crippen molar-refractivity contribution in [2.24, 2.45) is 0 Å². The minimum absolute atomic E-state index is 0.125. The fraction of sp³-hybridized carbons (Fsp3) is 0.143. The van der Waals surface area contributed by atoms with Crippen molar-refractivity contribution in [3.8, 4) is 5.75 Å². The number of nitrogens with zero attached hydrogens (tertiary/aromatic N) is 1. The van der Waals surface area contributed by atoms with Crippen molar-refractivity contribution in [1.82, 2.24) is 4.98 Å². The molecule has 0 unspecified atom stereocenters. The van der Waals surface area contributed by atoms with E-state index in [1.54, 1.807) is 18.2 Å². The Labute approximate surface area is 104 Å². The number of carbonyl (C=O) groups excluding carboxylic acids is 1. The summed E-state index contributed by atoms with van der Waals surface area (Å²) in [6.07, 6.45) is 3.15. The quantitative estimate of drug-likeness (QED) is 0.777. The highest BCUT2D eigenvalue weighted by Crippen LogP contribution is 2.18. The molecular weight excluding hydrogens is 233 g/mol. The van der Waals surface area contributed by atoms with Gasteiger partial charge in [0.2, 0.25) is 0 Å². The molecule has 2 rings (SSSR count). The van der Waals surface area contributed by atoms with Gasteiger partial charge in [-0.1, -0.05) is 12.1 Å². The second kappa shape index (κ2) is 5.40. The van der Waals surface area contributed by atoms with Gasteiger partial charge in [-0.15, -0.1) is 0 Å². The van der Waals surface area contributed by atoms with E-state index in [-0.39, 0.29) is 18.0 Å². The lowest BCUT2D eigenvalue weighted by molar-refractivity contribution is 0.0990. The van der Waals surface area contributed by atoms with Crippen LogP contribution in [0.25, 0.3) is 0 Å². The fourth-order valence-electron chi connectivity index (χ4n) is 1.70. The van der Waals surface area contributed by atoms with Gasteiger partial charge < -0.3 is 4.74 Å². The molecule has 0 radical (unpaired) electrons. The van der Waals surface area contributed by atoms with E-state index in [9.17, 15) is 9.18 Å². The third-order valence-corrected chi connectivity index (χ3v) is 2.56. The Kier molecular flexibility index (Phi) is 3.67. The molecule has 18 heavy (non-hydrogen) atoms. The van der Waals surface area contributed by atoms with Crippen molar-refractivity contribution in [2.75, 3.05) is 7.11 Å². The van der Waals surface area contributed by atoms with Crippen LogP contribution in [-0.2, 0) is 6.42 Å². The molecule has 0 aliphatic carbocycles. The second-order valence-corrected chi connectivity index (χ2v) is 3.81. The molecule has 0 fully saturated rings. The zero-order chi connectivity index (χ0) is 13.0. The highest BCUT2D eigenvalue weighted by Gasteiger charge is 2.12. The van der Waals surface area contributed by atoms with Crippen LogP contribution in [0.15, 0.2) is 42.7 Å². The van der Waals surface area contributed by atoms with Gasteiger partial charge in [-0.05, 0) is 23.8 Å². The molecule has 0 spiro atoms. The average molecular weight is 245 g/mol. The normalized spacial score (nSPS) is 10.1. The molecule has 0 saturated heterocycles. The summed E-state index contributed by atoms with van der Waals surface area (Å²) in [5.41, 5.74) is 1.09. The highest BCUT2D eigenvalue weighted by molar-refractivity contribution is 5.99. The summed E-state index contributed by atoms with van der Waals surface area (Å²) in [5, 5.41) is 0. The molecule has 0 atom stereocenters. The number of rotatable bonds is 4. The number of aromatic nitrogens is 1. The molecule has 4 heteroatoms. The van der Waals surface area contributed by atoms with E-state index in [0.717, 1.165) is 0 Å². The Bertz CT molecular complexity index is 569. The Morgan fingerprint density at radius 2 is 2.22 bits per heavy atom. The maximum Gasteiger partial charge on any atom is 0.171 e. The Morgan fingerprint density at radius 3 is 2.94 bits per heavy atom. The summed E-state index contributed by atoms with van der Waals surface area (Å²) in [7, 11) is 1.48. The SMILES string of the molecule is COc1cnccc1C(=O)Cc1cccc(F)c1. The number of ether oxygens (including phenoxy) is 1. The average Bonchev–Trinajstić information content (AvgIpc) is 2.38. The molecule has 0 N–H and O–H groups in total. The summed E-state index contributed by atoms with van der Waals surface area (Å²) >= 11 is 0. The first kappa shape index (κ1) is 12.2. The van der Waals surface area contributed by atoms with E-state index in [4.69, 9.17) is 4.74 Å². The number of ketones is 1. The van der Waals surface area contributed by atoms with Gasteiger partial charge in [0.05, 0.1) is 18.9 Å². The van der Waals surface area contributed by atoms with Crippen molar-refractivity contribution in [3.05, 3.63) is 59.7 Å². The number of methoxy groups -OCH3 is 1. The van der Waals surface area contributed by atoms with Crippen LogP contribution in [-0.4, -0.2) is 17.9 Å². The van der Waals surface area contributed by atoms with Gasteiger partial charge in [0.1, 0.15) is 11.6 Å². The number of halogens is 1. The van der Waals surface area contributed by atoms with Gasteiger partial charge >= 0.3 is 0 Å². The second-order valence-electron chi connectivity index (χ2n) is 3.81. The zero-order valence-corrected chi connectivity index (χ0v) is 9.89. The number of carbonyl (C=O) groups is 1. The molecule has 0 aliphatic heterocycles. The third kappa shape index (κ3) is 2.71. The minimum Gasteiger partial charge on any atom is -0.494 e. The van der Waals surface area contributed by atoms with Gasteiger partial charge in [-0.3, -0.25) is 9.78 Å². The first-order valence-corrected chi connectivity index (χ1v) is 5.46. The lowest BCUT2D eigenvalue weighted by Crippen LogP contribution is -2.06. The summed E-state index contributed by atoms with van der Waals surface area (Å²) in [5.74, 6) is -0.0410. The molecule has 0 aliphatic rings. The van der Waals surface area contributed by atoms with Crippen LogP contribution in [0.3, 0.4) is 0 Å². The van der Waals surface area contributed by atoms with Crippen molar-refractivity contribution in [2.45, 2.75) is 6.42 Å². The topological polar surface area (TPSA) is 39.2 Å². The van der Waals surface area contributed by atoms with E-state index >= 15 is 0 Å². The third-order valence-electron chi connectivity index (χ3n) is 2.56.